The Hall–Kier alpha value is -3.34. The van der Waals surface area contributed by atoms with Crippen molar-refractivity contribution in [3.63, 3.8) is 0 Å². The number of imidazole rings is 1. The number of anilines is 1. The molecule has 4 fully saturated rings. The van der Waals surface area contributed by atoms with Gasteiger partial charge >= 0.3 is 0 Å². The molecule has 0 aliphatic heterocycles. The number of aromatic nitrogens is 2. The number of aliphatic hydroxyl groups excluding tert-OH is 2. The summed E-state index contributed by atoms with van der Waals surface area (Å²) in [5, 5.41) is 21.2. The van der Waals surface area contributed by atoms with Crippen LogP contribution in [0, 0.1) is 23.2 Å². The van der Waals surface area contributed by atoms with Crippen molar-refractivity contribution >= 4 is 69.0 Å². The van der Waals surface area contributed by atoms with Gasteiger partial charge in [0.05, 0.1) is 44.3 Å². The Labute approximate surface area is 354 Å². The van der Waals surface area contributed by atoms with Gasteiger partial charge in [0.25, 0.3) is 0 Å². The fraction of sp³-hybridized carbons (Fsp3) is 0.422. The van der Waals surface area contributed by atoms with E-state index in [9.17, 15) is 15.0 Å². The maximum atomic E-state index is 12.9. The number of amides is 1. The quantitative estimate of drug-likeness (QED) is 0.0913. The molecule has 1 unspecified atom stereocenters. The fourth-order valence-corrected chi connectivity index (χ4v) is 11.3. The molecule has 5 aromatic rings. The molecular weight excluding hydrogens is 800 g/mol. The molecule has 4 aliphatic rings. The highest BCUT2D eigenvalue weighted by molar-refractivity contribution is 6.42. The second-order valence-electron chi connectivity index (χ2n) is 16.8. The summed E-state index contributed by atoms with van der Waals surface area (Å²) in [6.45, 7) is 2.69. The van der Waals surface area contributed by atoms with Crippen LogP contribution >= 0.6 is 46.4 Å². The second kappa shape index (κ2) is 17.1. The number of carbonyl (C=O) groups excluding carboxylic acids is 1. The molecule has 8 nitrogen and oxygen atoms in total. The third-order valence-corrected chi connectivity index (χ3v) is 14.1. The highest BCUT2D eigenvalue weighted by atomic mass is 35.5. The summed E-state index contributed by atoms with van der Waals surface area (Å²) in [5.41, 5.74) is 12.9. The van der Waals surface area contributed by atoms with Gasteiger partial charge in [0.2, 0.25) is 5.91 Å². The maximum Gasteiger partial charge on any atom is 0.219 e. The summed E-state index contributed by atoms with van der Waals surface area (Å²) < 4.78 is 2.45. The van der Waals surface area contributed by atoms with E-state index in [1.165, 1.54) is 38.5 Å². The van der Waals surface area contributed by atoms with Crippen LogP contribution in [0.5, 0.6) is 0 Å². The Balaban J connectivity index is 1.21. The van der Waals surface area contributed by atoms with Gasteiger partial charge in [-0.1, -0.05) is 64.6 Å². The zero-order chi connectivity index (χ0) is 39.8. The Bertz CT molecular complexity index is 2150. The first-order valence-electron chi connectivity index (χ1n) is 20.0. The predicted molar refractivity (Wildman–Crippen MR) is 231 cm³/mol. The summed E-state index contributed by atoms with van der Waals surface area (Å²) >= 11 is 25.6. The van der Waals surface area contributed by atoms with Gasteiger partial charge in [0.1, 0.15) is 5.82 Å². The van der Waals surface area contributed by atoms with Gasteiger partial charge in [0, 0.05) is 56.4 Å². The highest BCUT2D eigenvalue weighted by Gasteiger charge is 2.51. The summed E-state index contributed by atoms with van der Waals surface area (Å²) in [6.07, 6.45) is 8.02. The van der Waals surface area contributed by atoms with Crippen molar-refractivity contribution in [2.24, 2.45) is 28.9 Å². The SMILES string of the molecule is NC(=O)CC(c1ccc2c(c1)nc(-c1ccc(N(CCO)CCO)cc1)n2CC12CC3CC(CC(C3)C1)C2)N(Cc1ccc(Cl)c(Cl)c1)Cc1ccc(Cl)c(Cl)c1. The first-order valence-corrected chi connectivity index (χ1v) is 21.5. The van der Waals surface area contributed by atoms with E-state index in [-0.39, 0.29) is 25.0 Å². The lowest BCUT2D eigenvalue weighted by Crippen LogP contribution is -2.47. The molecule has 1 atom stereocenters. The molecule has 1 heterocycles. The normalized spacial score (nSPS) is 21.8. The van der Waals surface area contributed by atoms with Crippen molar-refractivity contribution in [2.45, 2.75) is 70.6 Å². The zero-order valence-electron chi connectivity index (χ0n) is 31.9. The van der Waals surface area contributed by atoms with Crippen LogP contribution in [0.3, 0.4) is 0 Å². The van der Waals surface area contributed by atoms with Gasteiger partial charge in [-0.2, -0.15) is 0 Å². The lowest BCUT2D eigenvalue weighted by atomic mass is 9.49. The van der Waals surface area contributed by atoms with Gasteiger partial charge in [-0.05, 0) is 139 Å². The van der Waals surface area contributed by atoms with Crippen molar-refractivity contribution < 1.29 is 15.0 Å². The zero-order valence-corrected chi connectivity index (χ0v) is 34.9. The van der Waals surface area contributed by atoms with E-state index in [2.05, 4.69) is 39.8 Å². The largest absolute Gasteiger partial charge is 0.395 e. The molecule has 4 saturated carbocycles. The third kappa shape index (κ3) is 8.84. The van der Waals surface area contributed by atoms with Crippen molar-refractivity contribution in [3.8, 4) is 11.4 Å². The van der Waals surface area contributed by atoms with E-state index in [0.717, 1.165) is 69.1 Å². The summed E-state index contributed by atoms with van der Waals surface area (Å²) in [4.78, 5) is 22.5. The molecule has 0 spiro atoms. The van der Waals surface area contributed by atoms with Crippen molar-refractivity contribution in [2.75, 3.05) is 31.2 Å². The Morgan fingerprint density at radius 3 is 1.84 bits per heavy atom. The third-order valence-electron chi connectivity index (χ3n) is 12.6. The van der Waals surface area contributed by atoms with E-state index in [1.54, 1.807) is 12.1 Å². The monoisotopic (exact) mass is 847 g/mol. The van der Waals surface area contributed by atoms with Crippen molar-refractivity contribution in [1.29, 1.82) is 0 Å². The van der Waals surface area contributed by atoms with Crippen LogP contribution < -0.4 is 10.6 Å². The standard InChI is InChI=1S/C45H49Cl4N5O3/c46-36-8-1-28(18-38(36)48)25-53(26-29-2-9-37(47)39(49)19-29)42(21-43(50)57)34-5-10-41-40(20-34)51-44(33-3-6-35(7-4-33)52(11-13-55)12-14-56)54(41)27-45-22-30-15-31(23-45)17-32(16-30)24-45/h1-10,18-20,30-32,42,55-56H,11-17,21-27H2,(H2,50,57). The molecule has 1 amide bonds. The predicted octanol–water partition coefficient (Wildman–Crippen LogP) is 9.94. The number of aliphatic hydroxyl groups is 2. The van der Waals surface area contributed by atoms with Gasteiger partial charge in [0.15, 0.2) is 0 Å². The number of rotatable bonds is 16. The average Bonchev–Trinajstić information content (AvgIpc) is 3.52. The lowest BCUT2D eigenvalue weighted by molar-refractivity contribution is -0.119. The molecule has 4 bridgehead atoms. The van der Waals surface area contributed by atoms with E-state index in [4.69, 9.17) is 57.1 Å². The topological polar surface area (TPSA) is 108 Å². The molecule has 9 rings (SSSR count). The number of hydrogen-bond donors (Lipinski definition) is 3. The van der Waals surface area contributed by atoms with Crippen LogP contribution in [0.2, 0.25) is 20.1 Å². The number of benzene rings is 4. The molecule has 4 N–H and O–H groups in total. The van der Waals surface area contributed by atoms with E-state index >= 15 is 0 Å². The maximum absolute atomic E-state index is 12.9. The number of halogens is 4. The minimum Gasteiger partial charge on any atom is -0.395 e. The van der Waals surface area contributed by atoms with Gasteiger partial charge in [-0.15, -0.1) is 0 Å². The molecular formula is C45H49Cl4N5O3. The molecule has 4 aromatic carbocycles. The Morgan fingerprint density at radius 2 is 1.33 bits per heavy atom. The number of nitrogens with two attached hydrogens (primary N) is 1. The molecule has 0 radical (unpaired) electrons. The van der Waals surface area contributed by atoms with Gasteiger partial charge in [-0.25, -0.2) is 4.98 Å². The average molecular weight is 850 g/mol. The number of nitrogens with zero attached hydrogens (tertiary/aromatic N) is 4. The molecule has 4 aliphatic carbocycles. The van der Waals surface area contributed by atoms with Crippen LogP contribution in [0.4, 0.5) is 5.69 Å². The van der Waals surface area contributed by atoms with E-state index in [0.29, 0.717) is 46.3 Å². The highest BCUT2D eigenvalue weighted by Crippen LogP contribution is 2.61. The van der Waals surface area contributed by atoms with Crippen LogP contribution in [0.1, 0.15) is 67.7 Å². The molecule has 12 heteroatoms. The molecule has 300 valence electrons. The van der Waals surface area contributed by atoms with Crippen LogP contribution in [0.15, 0.2) is 78.9 Å². The van der Waals surface area contributed by atoms with E-state index in [1.807, 2.05) is 41.3 Å². The molecule has 57 heavy (non-hydrogen) atoms. The smallest absolute Gasteiger partial charge is 0.219 e. The van der Waals surface area contributed by atoms with Crippen LogP contribution in [-0.2, 0) is 24.4 Å². The molecule has 1 aromatic heterocycles. The summed E-state index contributed by atoms with van der Waals surface area (Å²) in [6, 6.07) is 25.5. The van der Waals surface area contributed by atoms with Crippen molar-refractivity contribution in [1.82, 2.24) is 14.5 Å². The summed E-state index contributed by atoms with van der Waals surface area (Å²) in [7, 11) is 0. The Morgan fingerprint density at radius 1 is 0.772 bits per heavy atom. The number of carbonyl (C=O) groups is 1. The Kier molecular flexibility index (Phi) is 12.1. The number of hydrogen-bond acceptors (Lipinski definition) is 6. The van der Waals surface area contributed by atoms with E-state index < -0.39 is 11.9 Å². The van der Waals surface area contributed by atoms with Crippen molar-refractivity contribution in [3.05, 3.63) is 116 Å². The summed E-state index contributed by atoms with van der Waals surface area (Å²) in [5.74, 6) is 2.94. The minimum absolute atomic E-state index is 0.0000122. The van der Waals surface area contributed by atoms with Gasteiger partial charge < -0.3 is 25.4 Å². The lowest BCUT2D eigenvalue weighted by Gasteiger charge is -2.57. The first kappa shape index (κ1) is 40.4. The first-order chi connectivity index (χ1) is 27.5. The second-order valence-corrected chi connectivity index (χ2v) is 18.4. The number of fused-ring (bicyclic) bond motifs is 1. The number of primary amides is 1. The van der Waals surface area contributed by atoms with Gasteiger partial charge in [-0.3, -0.25) is 9.69 Å². The van der Waals surface area contributed by atoms with Crippen LogP contribution in [0.25, 0.3) is 22.4 Å². The van der Waals surface area contributed by atoms with Crippen LogP contribution in [-0.4, -0.2) is 56.9 Å². The minimum atomic E-state index is -0.419. The fourth-order valence-electron chi connectivity index (χ4n) is 10.7. The molecule has 0 saturated heterocycles.